The Morgan fingerprint density at radius 3 is 3.00 bits per heavy atom. The van der Waals surface area contributed by atoms with E-state index in [1.165, 1.54) is 11.9 Å². The minimum atomic E-state index is -0.391. The van der Waals surface area contributed by atoms with E-state index in [1.54, 1.807) is 29.3 Å². The normalized spacial score (nSPS) is 10.7. The second kappa shape index (κ2) is 5.92. The number of hydrogen-bond donors (Lipinski definition) is 0. The van der Waals surface area contributed by atoms with Crippen LogP contribution in [0.5, 0.6) is 0 Å². The summed E-state index contributed by atoms with van der Waals surface area (Å²) in [6, 6.07) is 11.0. The maximum atomic E-state index is 11.9. The number of benzene rings is 1. The lowest BCUT2D eigenvalue weighted by Crippen LogP contribution is -2.07. The first-order valence-corrected chi connectivity index (χ1v) is 7.18. The largest absolute Gasteiger partial charge is 0.462 e. The number of pyridine rings is 1. The Hall–Kier alpha value is -2.41. The molecule has 0 atom stereocenters. The molecule has 0 amide bonds. The Morgan fingerprint density at radius 2 is 2.14 bits per heavy atom. The minimum absolute atomic E-state index is 0.324. The number of nitrogens with zero attached hydrogens (tertiary/aromatic N) is 4. The zero-order chi connectivity index (χ0) is 14.7. The average Bonchev–Trinajstić information content (AvgIpc) is 2.91. The lowest BCUT2D eigenvalue weighted by Gasteiger charge is -2.06. The summed E-state index contributed by atoms with van der Waals surface area (Å²) in [5.74, 6) is -0.391. The molecule has 3 aromatic rings. The third-order valence-electron chi connectivity index (χ3n) is 2.76. The second-order valence-corrected chi connectivity index (χ2v) is 5.03. The number of carbonyl (C=O) groups is 1. The summed E-state index contributed by atoms with van der Waals surface area (Å²) in [6.07, 6.45) is 1.63. The van der Waals surface area contributed by atoms with Crippen LogP contribution in [0.4, 0.5) is 0 Å². The van der Waals surface area contributed by atoms with Crippen LogP contribution in [0.25, 0.3) is 11.0 Å². The molecule has 3 rings (SSSR count). The van der Waals surface area contributed by atoms with Gasteiger partial charge in [-0.15, -0.1) is 5.10 Å². The van der Waals surface area contributed by atoms with Crippen LogP contribution in [0, 0.1) is 0 Å². The van der Waals surface area contributed by atoms with Crippen molar-refractivity contribution >= 4 is 29.0 Å². The molecule has 0 radical (unpaired) electrons. The van der Waals surface area contributed by atoms with Crippen LogP contribution in [0.3, 0.4) is 0 Å². The summed E-state index contributed by atoms with van der Waals surface area (Å²) in [6.45, 7) is 2.09. The van der Waals surface area contributed by atoms with Crippen molar-refractivity contribution in [3.05, 3.63) is 48.2 Å². The van der Waals surface area contributed by atoms with Gasteiger partial charge in [-0.2, -0.15) is 4.09 Å². The first-order chi connectivity index (χ1) is 10.3. The molecule has 21 heavy (non-hydrogen) atoms. The molecule has 0 spiro atoms. The van der Waals surface area contributed by atoms with Crippen molar-refractivity contribution in [2.75, 3.05) is 6.61 Å². The molecule has 0 saturated carbocycles. The molecule has 0 bridgehead atoms. The summed E-state index contributed by atoms with van der Waals surface area (Å²) in [4.78, 5) is 16.2. The van der Waals surface area contributed by atoms with E-state index in [9.17, 15) is 4.79 Å². The first-order valence-electron chi connectivity index (χ1n) is 6.40. The van der Waals surface area contributed by atoms with Crippen molar-refractivity contribution in [3.8, 4) is 0 Å². The van der Waals surface area contributed by atoms with Gasteiger partial charge in [0.15, 0.2) is 0 Å². The molecule has 0 aliphatic carbocycles. The summed E-state index contributed by atoms with van der Waals surface area (Å²) >= 11 is 1.24. The van der Waals surface area contributed by atoms with Gasteiger partial charge < -0.3 is 4.74 Å². The number of para-hydroxylation sites is 1. The highest BCUT2D eigenvalue weighted by Crippen LogP contribution is 2.25. The lowest BCUT2D eigenvalue weighted by molar-refractivity contribution is 0.0521. The van der Waals surface area contributed by atoms with Gasteiger partial charge in [-0.25, -0.2) is 9.78 Å². The van der Waals surface area contributed by atoms with Gasteiger partial charge in [-0.1, -0.05) is 17.3 Å². The predicted octanol–water partition coefficient (Wildman–Crippen LogP) is 2.56. The maximum Gasteiger partial charge on any atom is 0.340 e. The molecule has 0 unspecified atom stereocenters. The van der Waals surface area contributed by atoms with Gasteiger partial charge >= 0.3 is 5.97 Å². The Morgan fingerprint density at radius 1 is 1.29 bits per heavy atom. The van der Waals surface area contributed by atoms with Crippen molar-refractivity contribution < 1.29 is 9.53 Å². The highest BCUT2D eigenvalue weighted by atomic mass is 32.2. The third-order valence-corrected chi connectivity index (χ3v) is 3.70. The van der Waals surface area contributed by atoms with E-state index < -0.39 is 5.97 Å². The molecular weight excluding hydrogens is 288 g/mol. The van der Waals surface area contributed by atoms with Crippen LogP contribution in [-0.2, 0) is 4.74 Å². The van der Waals surface area contributed by atoms with Crippen molar-refractivity contribution in [1.82, 2.24) is 19.4 Å². The van der Waals surface area contributed by atoms with Gasteiger partial charge in [-0.3, -0.25) is 0 Å². The van der Waals surface area contributed by atoms with E-state index in [-0.39, 0.29) is 0 Å². The van der Waals surface area contributed by atoms with Crippen molar-refractivity contribution in [2.24, 2.45) is 0 Å². The smallest absolute Gasteiger partial charge is 0.340 e. The highest BCUT2D eigenvalue weighted by molar-refractivity contribution is 7.97. The molecule has 7 heteroatoms. The topological polar surface area (TPSA) is 69.9 Å². The fourth-order valence-corrected chi connectivity index (χ4v) is 2.67. The standard InChI is InChI=1S/C14H12N4O2S/c1-2-20-14(19)10-6-5-9-15-13(10)21-18-12-8-4-3-7-11(12)16-17-18/h3-9H,2H2,1H3. The molecule has 106 valence electrons. The maximum absolute atomic E-state index is 11.9. The molecule has 0 saturated heterocycles. The van der Waals surface area contributed by atoms with Gasteiger partial charge in [0.05, 0.1) is 12.2 Å². The number of hydrogen-bond acceptors (Lipinski definition) is 6. The molecule has 6 nitrogen and oxygen atoms in total. The van der Waals surface area contributed by atoms with E-state index >= 15 is 0 Å². The van der Waals surface area contributed by atoms with Crippen molar-refractivity contribution in [1.29, 1.82) is 0 Å². The molecule has 1 aromatic carbocycles. The van der Waals surface area contributed by atoms with E-state index in [2.05, 4.69) is 15.3 Å². The van der Waals surface area contributed by atoms with E-state index in [1.807, 2.05) is 24.3 Å². The van der Waals surface area contributed by atoms with Gasteiger partial charge in [0.1, 0.15) is 16.1 Å². The second-order valence-electron chi connectivity index (χ2n) is 4.12. The van der Waals surface area contributed by atoms with Gasteiger partial charge in [0.25, 0.3) is 0 Å². The molecule has 2 aromatic heterocycles. The predicted molar refractivity (Wildman–Crippen MR) is 79.0 cm³/mol. The van der Waals surface area contributed by atoms with E-state index in [0.29, 0.717) is 17.2 Å². The highest BCUT2D eigenvalue weighted by Gasteiger charge is 2.16. The fourth-order valence-electron chi connectivity index (χ4n) is 1.82. The van der Waals surface area contributed by atoms with Gasteiger partial charge in [-0.05, 0) is 31.2 Å². The summed E-state index contributed by atoms with van der Waals surface area (Å²) in [7, 11) is 0. The molecule has 0 fully saturated rings. The number of esters is 1. The molecule has 0 N–H and O–H groups in total. The summed E-state index contributed by atoms with van der Waals surface area (Å²) in [5, 5.41) is 8.68. The number of ether oxygens (including phenoxy) is 1. The number of rotatable bonds is 4. The van der Waals surface area contributed by atoms with Crippen LogP contribution in [0.1, 0.15) is 17.3 Å². The summed E-state index contributed by atoms with van der Waals surface area (Å²) < 4.78 is 6.68. The van der Waals surface area contributed by atoms with E-state index in [0.717, 1.165) is 11.0 Å². The Balaban J connectivity index is 1.96. The zero-order valence-electron chi connectivity index (χ0n) is 11.3. The quantitative estimate of drug-likeness (QED) is 0.690. The molecule has 0 aliphatic heterocycles. The molecule has 2 heterocycles. The molecular formula is C14H12N4O2S. The number of fused-ring (bicyclic) bond motifs is 1. The number of aromatic nitrogens is 4. The van der Waals surface area contributed by atoms with Crippen LogP contribution >= 0.6 is 11.9 Å². The zero-order valence-corrected chi connectivity index (χ0v) is 12.1. The monoisotopic (exact) mass is 300 g/mol. The minimum Gasteiger partial charge on any atom is -0.462 e. The Kier molecular flexibility index (Phi) is 3.83. The van der Waals surface area contributed by atoms with Crippen molar-refractivity contribution in [3.63, 3.8) is 0 Å². The number of carbonyl (C=O) groups excluding carboxylic acids is 1. The third kappa shape index (κ3) is 2.73. The van der Waals surface area contributed by atoms with Gasteiger partial charge in [0.2, 0.25) is 0 Å². The summed E-state index contributed by atoms with van der Waals surface area (Å²) in [5.41, 5.74) is 2.07. The van der Waals surface area contributed by atoms with Crippen LogP contribution < -0.4 is 0 Å². The van der Waals surface area contributed by atoms with Crippen LogP contribution in [-0.4, -0.2) is 32.0 Å². The van der Waals surface area contributed by atoms with Crippen LogP contribution in [0.2, 0.25) is 0 Å². The first kappa shape index (κ1) is 13.6. The van der Waals surface area contributed by atoms with Gasteiger partial charge in [0, 0.05) is 18.1 Å². The Labute approximate surface area is 125 Å². The SMILES string of the molecule is CCOC(=O)c1cccnc1Sn1nnc2ccccc21. The average molecular weight is 300 g/mol. The Bertz CT molecular complexity index is 787. The lowest BCUT2D eigenvalue weighted by atomic mass is 10.3. The van der Waals surface area contributed by atoms with E-state index in [4.69, 9.17) is 4.74 Å². The van der Waals surface area contributed by atoms with Crippen LogP contribution in [0.15, 0.2) is 47.6 Å². The molecule has 0 aliphatic rings. The fraction of sp³-hybridized carbons (Fsp3) is 0.143. The van der Waals surface area contributed by atoms with Crippen molar-refractivity contribution in [2.45, 2.75) is 11.9 Å².